The van der Waals surface area contributed by atoms with Crippen LogP contribution in [0.25, 0.3) is 0 Å². The van der Waals surface area contributed by atoms with Gasteiger partial charge in [0.1, 0.15) is 5.75 Å². The molecule has 7 heteroatoms. The molecule has 7 nitrogen and oxygen atoms in total. The molecule has 2 N–H and O–H groups in total. The van der Waals surface area contributed by atoms with Gasteiger partial charge in [-0.25, -0.2) is 9.97 Å². The summed E-state index contributed by atoms with van der Waals surface area (Å²) in [5.74, 6) is -0.0501. The fraction of sp³-hybridized carbons (Fsp3) is 0.333. The first-order valence-electron chi connectivity index (χ1n) is 7.88. The lowest BCUT2D eigenvalue weighted by Gasteiger charge is -2.23. The molecule has 1 unspecified atom stereocenters. The largest absolute Gasteiger partial charge is 0.507 e. The monoisotopic (exact) mass is 339 g/mol. The zero-order valence-electron chi connectivity index (χ0n) is 14.7. The van der Waals surface area contributed by atoms with Crippen LogP contribution in [0, 0.1) is 25.2 Å². The number of benzene rings is 1. The maximum absolute atomic E-state index is 12.6. The molecule has 130 valence electrons. The fourth-order valence-electron chi connectivity index (χ4n) is 2.36. The first-order chi connectivity index (χ1) is 11.8. The second-order valence-corrected chi connectivity index (χ2v) is 5.96. The van der Waals surface area contributed by atoms with Gasteiger partial charge >= 0.3 is 0 Å². The Morgan fingerprint density at radius 1 is 1.32 bits per heavy atom. The van der Waals surface area contributed by atoms with Gasteiger partial charge < -0.3 is 15.3 Å². The van der Waals surface area contributed by atoms with Crippen LogP contribution in [0.1, 0.15) is 35.1 Å². The van der Waals surface area contributed by atoms with E-state index in [1.807, 2.05) is 26.0 Å². The van der Waals surface area contributed by atoms with Crippen molar-refractivity contribution in [3.8, 4) is 11.8 Å². The van der Waals surface area contributed by atoms with Crippen LogP contribution in [0.15, 0.2) is 24.3 Å². The zero-order valence-corrected chi connectivity index (χ0v) is 14.7. The van der Waals surface area contributed by atoms with Crippen LogP contribution in [0.2, 0.25) is 0 Å². The number of aromatic hydroxyl groups is 1. The van der Waals surface area contributed by atoms with Crippen molar-refractivity contribution in [2.24, 2.45) is 0 Å². The molecular formula is C18H21N5O2. The highest BCUT2D eigenvalue weighted by molar-refractivity contribution is 5.98. The Morgan fingerprint density at radius 3 is 2.56 bits per heavy atom. The van der Waals surface area contributed by atoms with Crippen LogP contribution in [-0.4, -0.2) is 39.0 Å². The van der Waals surface area contributed by atoms with Crippen molar-refractivity contribution in [1.29, 1.82) is 5.26 Å². The Bertz CT molecular complexity index is 808. The van der Waals surface area contributed by atoms with Crippen LogP contribution in [0.4, 0.5) is 11.6 Å². The predicted octanol–water partition coefficient (Wildman–Crippen LogP) is 2.92. The second kappa shape index (κ2) is 7.62. The molecule has 0 saturated heterocycles. The number of phenolic OH excluding ortho intramolecular Hbond substituents is 1. The lowest BCUT2D eigenvalue weighted by atomic mass is 10.1. The quantitative estimate of drug-likeness (QED) is 0.812. The maximum atomic E-state index is 12.6. The van der Waals surface area contributed by atoms with E-state index in [4.69, 9.17) is 5.26 Å². The van der Waals surface area contributed by atoms with Gasteiger partial charge in [0.25, 0.3) is 5.91 Å². The Balaban J connectivity index is 2.28. The zero-order chi connectivity index (χ0) is 18.6. The molecule has 1 amide bonds. The van der Waals surface area contributed by atoms with Gasteiger partial charge in [-0.3, -0.25) is 4.79 Å². The molecule has 1 aromatic carbocycles. The molecule has 0 radical (unpaired) electrons. The van der Waals surface area contributed by atoms with Crippen LogP contribution in [-0.2, 0) is 0 Å². The summed E-state index contributed by atoms with van der Waals surface area (Å²) >= 11 is 0. The Hall–Kier alpha value is -3.14. The van der Waals surface area contributed by atoms with E-state index in [1.54, 1.807) is 26.1 Å². The SMILES string of the molecule is Cc1cc(C)nc(Nc2ccc(O)c(C(=O)N(C)C(C)CC#N)c2)n1. The average Bonchev–Trinajstić information content (AvgIpc) is 2.54. The average molecular weight is 339 g/mol. The van der Waals surface area contributed by atoms with Gasteiger partial charge in [-0.1, -0.05) is 0 Å². The topological polar surface area (TPSA) is 102 Å². The summed E-state index contributed by atoms with van der Waals surface area (Å²) in [7, 11) is 1.61. The summed E-state index contributed by atoms with van der Waals surface area (Å²) in [6.07, 6.45) is 0.220. The summed E-state index contributed by atoms with van der Waals surface area (Å²) in [5.41, 5.74) is 2.40. The number of nitrogens with one attached hydrogen (secondary N) is 1. The van der Waals surface area contributed by atoms with E-state index in [2.05, 4.69) is 15.3 Å². The molecule has 0 aliphatic heterocycles. The van der Waals surface area contributed by atoms with Gasteiger partial charge in [0.2, 0.25) is 5.95 Å². The van der Waals surface area contributed by atoms with Gasteiger partial charge in [-0.05, 0) is 45.0 Å². The molecule has 0 fully saturated rings. The summed E-state index contributed by atoms with van der Waals surface area (Å²) in [4.78, 5) is 22.6. The van der Waals surface area contributed by atoms with Crippen molar-refractivity contribution in [3.63, 3.8) is 0 Å². The van der Waals surface area contributed by atoms with Crippen molar-refractivity contribution in [2.75, 3.05) is 12.4 Å². The Kier molecular flexibility index (Phi) is 5.55. The third-order valence-corrected chi connectivity index (χ3v) is 3.83. The molecule has 0 aliphatic rings. The minimum absolute atomic E-state index is 0.118. The van der Waals surface area contributed by atoms with Crippen molar-refractivity contribution in [3.05, 3.63) is 41.2 Å². The number of amides is 1. The molecule has 1 heterocycles. The van der Waals surface area contributed by atoms with Crippen molar-refractivity contribution >= 4 is 17.5 Å². The minimum atomic E-state index is -0.356. The number of aromatic nitrogens is 2. The lowest BCUT2D eigenvalue weighted by molar-refractivity contribution is 0.0743. The number of hydrogen-bond donors (Lipinski definition) is 2. The number of anilines is 2. The Morgan fingerprint density at radius 2 is 1.96 bits per heavy atom. The second-order valence-electron chi connectivity index (χ2n) is 5.96. The molecule has 0 spiro atoms. The van der Waals surface area contributed by atoms with Crippen LogP contribution < -0.4 is 5.32 Å². The van der Waals surface area contributed by atoms with Crippen molar-refractivity contribution in [2.45, 2.75) is 33.2 Å². The van der Waals surface area contributed by atoms with Gasteiger partial charge in [0, 0.05) is 30.2 Å². The molecule has 25 heavy (non-hydrogen) atoms. The summed E-state index contributed by atoms with van der Waals surface area (Å²) < 4.78 is 0. The van der Waals surface area contributed by atoms with Crippen LogP contribution >= 0.6 is 0 Å². The van der Waals surface area contributed by atoms with E-state index in [0.29, 0.717) is 11.6 Å². The predicted molar refractivity (Wildman–Crippen MR) is 94.7 cm³/mol. The lowest BCUT2D eigenvalue weighted by Crippen LogP contribution is -2.34. The number of nitriles is 1. The highest BCUT2D eigenvalue weighted by Gasteiger charge is 2.20. The number of hydrogen-bond acceptors (Lipinski definition) is 6. The highest BCUT2D eigenvalue weighted by Crippen LogP contribution is 2.25. The molecule has 2 aromatic rings. The van der Waals surface area contributed by atoms with E-state index in [-0.39, 0.29) is 29.7 Å². The van der Waals surface area contributed by atoms with Gasteiger partial charge in [0.15, 0.2) is 0 Å². The number of carbonyl (C=O) groups excluding carboxylic acids is 1. The van der Waals surface area contributed by atoms with E-state index in [0.717, 1.165) is 11.4 Å². The van der Waals surface area contributed by atoms with Gasteiger partial charge in [-0.2, -0.15) is 5.26 Å². The van der Waals surface area contributed by atoms with Crippen molar-refractivity contribution < 1.29 is 9.90 Å². The summed E-state index contributed by atoms with van der Waals surface area (Å²) in [5, 5.41) is 21.9. The molecule has 2 rings (SSSR count). The third-order valence-electron chi connectivity index (χ3n) is 3.83. The van der Waals surface area contributed by atoms with E-state index in [9.17, 15) is 9.90 Å². The molecule has 0 aliphatic carbocycles. The van der Waals surface area contributed by atoms with Crippen LogP contribution in [0.3, 0.4) is 0 Å². The smallest absolute Gasteiger partial charge is 0.257 e. The first kappa shape index (κ1) is 18.2. The Labute approximate surface area is 147 Å². The number of rotatable bonds is 5. The van der Waals surface area contributed by atoms with Gasteiger partial charge in [-0.15, -0.1) is 0 Å². The highest BCUT2D eigenvalue weighted by atomic mass is 16.3. The van der Waals surface area contributed by atoms with E-state index in [1.165, 1.54) is 11.0 Å². The fourth-order valence-corrected chi connectivity index (χ4v) is 2.36. The molecule has 0 bridgehead atoms. The minimum Gasteiger partial charge on any atom is -0.507 e. The van der Waals surface area contributed by atoms with Crippen molar-refractivity contribution in [1.82, 2.24) is 14.9 Å². The molecule has 0 saturated carbocycles. The molecule has 1 aromatic heterocycles. The summed E-state index contributed by atoms with van der Waals surface area (Å²) in [6.45, 7) is 5.53. The number of carbonyl (C=O) groups is 1. The third kappa shape index (κ3) is 4.44. The summed E-state index contributed by atoms with van der Waals surface area (Å²) in [6, 6.07) is 8.29. The maximum Gasteiger partial charge on any atom is 0.257 e. The standard InChI is InChI=1S/C18H21N5O2/c1-11-9-12(2)21-18(20-11)22-14-5-6-16(24)15(10-14)17(25)23(4)13(3)7-8-19/h5-6,9-10,13,24H,7H2,1-4H3,(H,20,21,22). The number of nitrogens with zero attached hydrogens (tertiary/aromatic N) is 4. The molecule has 1 atom stereocenters. The van der Waals surface area contributed by atoms with Gasteiger partial charge in [0.05, 0.1) is 18.1 Å². The number of aryl methyl sites for hydroxylation is 2. The van der Waals surface area contributed by atoms with E-state index < -0.39 is 0 Å². The molecular weight excluding hydrogens is 318 g/mol. The first-order valence-corrected chi connectivity index (χ1v) is 7.88. The normalized spacial score (nSPS) is 11.5. The number of phenols is 1. The van der Waals surface area contributed by atoms with Crippen LogP contribution in [0.5, 0.6) is 5.75 Å². The van der Waals surface area contributed by atoms with E-state index >= 15 is 0 Å².